The highest BCUT2D eigenvalue weighted by atomic mass is 16.5. The molecule has 0 fully saturated rings. The van der Waals surface area contributed by atoms with Gasteiger partial charge in [0.05, 0.1) is 6.21 Å². The minimum Gasteiger partial charge on any atom is -0.507 e. The zero-order valence-corrected chi connectivity index (χ0v) is 15.0. The van der Waals surface area contributed by atoms with Crippen molar-refractivity contribution in [3.05, 3.63) is 59.2 Å². The third-order valence-electron chi connectivity index (χ3n) is 3.67. The molecule has 0 saturated heterocycles. The van der Waals surface area contributed by atoms with E-state index in [9.17, 15) is 9.90 Å². The summed E-state index contributed by atoms with van der Waals surface area (Å²) in [5, 5.41) is 13.6. The Bertz CT molecular complexity index is 760. The molecule has 0 radical (unpaired) electrons. The average Bonchev–Trinajstić information content (AvgIpc) is 2.54. The lowest BCUT2D eigenvalue weighted by Gasteiger charge is -2.19. The molecule has 0 aliphatic heterocycles. The van der Waals surface area contributed by atoms with Gasteiger partial charge in [0.25, 0.3) is 5.91 Å². The van der Waals surface area contributed by atoms with Crippen LogP contribution in [0.4, 0.5) is 0 Å². The first-order chi connectivity index (χ1) is 11.8. The first-order valence-electron chi connectivity index (χ1n) is 8.10. The quantitative estimate of drug-likeness (QED) is 0.646. The van der Waals surface area contributed by atoms with Gasteiger partial charge in [0.15, 0.2) is 6.61 Å². The predicted molar refractivity (Wildman–Crippen MR) is 99.2 cm³/mol. The van der Waals surface area contributed by atoms with Crippen molar-refractivity contribution in [3.63, 3.8) is 0 Å². The summed E-state index contributed by atoms with van der Waals surface area (Å²) in [6, 6.07) is 12.9. The molecule has 0 spiro atoms. The van der Waals surface area contributed by atoms with Crippen LogP contribution >= 0.6 is 0 Å². The van der Waals surface area contributed by atoms with E-state index in [-0.39, 0.29) is 23.7 Å². The highest BCUT2D eigenvalue weighted by molar-refractivity contribution is 5.85. The minimum atomic E-state index is -0.372. The number of hydrogen-bond donors (Lipinski definition) is 2. The number of benzene rings is 2. The molecule has 0 bridgehead atoms. The van der Waals surface area contributed by atoms with Crippen LogP contribution in [0, 0.1) is 6.92 Å². The Kier molecular flexibility index (Phi) is 5.80. The zero-order valence-electron chi connectivity index (χ0n) is 15.0. The number of nitrogens with zero attached hydrogens (tertiary/aromatic N) is 1. The van der Waals surface area contributed by atoms with Gasteiger partial charge in [0, 0.05) is 5.56 Å². The highest BCUT2D eigenvalue weighted by Crippen LogP contribution is 2.24. The van der Waals surface area contributed by atoms with Gasteiger partial charge in [-0.1, -0.05) is 39.0 Å². The standard InChI is InChI=1S/C20H24N2O3/c1-14-5-6-15(18(23)11-14)12-21-22-19(24)13-25-17-9-7-16(8-10-17)20(2,3)4/h5-12,23H,13H2,1-4H3,(H,22,24)/b21-12+. The second-order valence-electron chi connectivity index (χ2n) is 6.92. The Balaban J connectivity index is 1.83. The van der Waals surface area contributed by atoms with Crippen LogP contribution in [-0.4, -0.2) is 23.8 Å². The molecule has 0 unspecified atom stereocenters. The number of carbonyl (C=O) groups excluding carboxylic acids is 1. The SMILES string of the molecule is Cc1ccc(/C=N/NC(=O)COc2ccc(C(C)(C)C)cc2)c(O)c1. The monoisotopic (exact) mass is 340 g/mol. The summed E-state index contributed by atoms with van der Waals surface area (Å²) >= 11 is 0. The number of amides is 1. The molecule has 132 valence electrons. The number of aryl methyl sites for hydroxylation is 1. The van der Waals surface area contributed by atoms with Gasteiger partial charge in [0.2, 0.25) is 0 Å². The summed E-state index contributed by atoms with van der Waals surface area (Å²) in [6.07, 6.45) is 1.39. The molecular formula is C20H24N2O3. The number of nitrogens with one attached hydrogen (secondary N) is 1. The van der Waals surface area contributed by atoms with E-state index in [0.29, 0.717) is 11.3 Å². The van der Waals surface area contributed by atoms with E-state index in [0.717, 1.165) is 5.56 Å². The molecule has 0 heterocycles. The average molecular weight is 340 g/mol. The van der Waals surface area contributed by atoms with Gasteiger partial charge in [-0.25, -0.2) is 5.43 Å². The first kappa shape index (κ1) is 18.5. The third kappa shape index (κ3) is 5.64. The maximum absolute atomic E-state index is 11.8. The molecule has 0 atom stereocenters. The normalized spacial score (nSPS) is 11.5. The van der Waals surface area contributed by atoms with Crippen LogP contribution < -0.4 is 10.2 Å². The summed E-state index contributed by atoms with van der Waals surface area (Å²) in [5.74, 6) is 0.374. The van der Waals surface area contributed by atoms with E-state index in [1.165, 1.54) is 11.8 Å². The summed E-state index contributed by atoms with van der Waals surface area (Å²) in [6.45, 7) is 8.17. The molecule has 5 nitrogen and oxygen atoms in total. The lowest BCUT2D eigenvalue weighted by Crippen LogP contribution is -2.24. The van der Waals surface area contributed by atoms with Gasteiger partial charge in [0.1, 0.15) is 11.5 Å². The van der Waals surface area contributed by atoms with Gasteiger partial charge < -0.3 is 9.84 Å². The second-order valence-corrected chi connectivity index (χ2v) is 6.92. The lowest BCUT2D eigenvalue weighted by molar-refractivity contribution is -0.123. The van der Waals surface area contributed by atoms with Crippen LogP contribution in [0.15, 0.2) is 47.6 Å². The molecule has 2 N–H and O–H groups in total. The van der Waals surface area contributed by atoms with E-state index in [1.807, 2.05) is 37.3 Å². The Morgan fingerprint density at radius 1 is 1.20 bits per heavy atom. The number of hydrazone groups is 1. The Hall–Kier alpha value is -2.82. The molecule has 2 aromatic rings. The molecule has 0 aromatic heterocycles. The lowest BCUT2D eigenvalue weighted by atomic mass is 9.87. The fourth-order valence-corrected chi connectivity index (χ4v) is 2.17. The Morgan fingerprint density at radius 3 is 2.48 bits per heavy atom. The molecule has 2 rings (SSSR count). The number of phenols is 1. The van der Waals surface area contributed by atoms with Gasteiger partial charge in [-0.15, -0.1) is 0 Å². The van der Waals surface area contributed by atoms with E-state index in [2.05, 4.69) is 31.3 Å². The van der Waals surface area contributed by atoms with E-state index in [4.69, 9.17) is 4.74 Å². The number of carbonyl (C=O) groups is 1. The van der Waals surface area contributed by atoms with E-state index in [1.54, 1.807) is 12.1 Å². The van der Waals surface area contributed by atoms with Crippen molar-refractivity contribution >= 4 is 12.1 Å². The summed E-state index contributed by atoms with van der Waals surface area (Å²) in [4.78, 5) is 11.8. The van der Waals surface area contributed by atoms with Crippen LogP contribution in [0.1, 0.15) is 37.5 Å². The van der Waals surface area contributed by atoms with E-state index < -0.39 is 0 Å². The molecule has 0 aliphatic rings. The number of phenolic OH excluding ortho intramolecular Hbond substituents is 1. The van der Waals surface area contributed by atoms with Crippen LogP contribution in [0.25, 0.3) is 0 Å². The van der Waals surface area contributed by atoms with Crippen molar-refractivity contribution < 1.29 is 14.6 Å². The second kappa shape index (κ2) is 7.83. The summed E-state index contributed by atoms with van der Waals surface area (Å²) in [5.41, 5.74) is 5.13. The molecule has 1 amide bonds. The van der Waals surface area contributed by atoms with Gasteiger partial charge >= 0.3 is 0 Å². The molecule has 5 heteroatoms. The third-order valence-corrected chi connectivity index (χ3v) is 3.67. The molecular weight excluding hydrogens is 316 g/mol. The minimum absolute atomic E-state index is 0.0756. The van der Waals surface area contributed by atoms with Crippen LogP contribution in [0.2, 0.25) is 0 Å². The smallest absolute Gasteiger partial charge is 0.277 e. The first-order valence-corrected chi connectivity index (χ1v) is 8.10. The van der Waals surface area contributed by atoms with Crippen molar-refractivity contribution in [1.82, 2.24) is 5.43 Å². The van der Waals surface area contributed by atoms with Crippen LogP contribution in [0.3, 0.4) is 0 Å². The van der Waals surface area contributed by atoms with Crippen molar-refractivity contribution in [1.29, 1.82) is 0 Å². The Labute approximate surface area is 148 Å². The molecule has 25 heavy (non-hydrogen) atoms. The number of aromatic hydroxyl groups is 1. The summed E-state index contributed by atoms with van der Waals surface area (Å²) in [7, 11) is 0. The van der Waals surface area contributed by atoms with Crippen LogP contribution in [0.5, 0.6) is 11.5 Å². The maximum atomic E-state index is 11.8. The Morgan fingerprint density at radius 2 is 1.88 bits per heavy atom. The van der Waals surface area contributed by atoms with Crippen molar-refractivity contribution in [2.24, 2.45) is 5.10 Å². The van der Waals surface area contributed by atoms with Gasteiger partial charge in [-0.05, 0) is 47.7 Å². The number of ether oxygens (including phenoxy) is 1. The summed E-state index contributed by atoms with van der Waals surface area (Å²) < 4.78 is 5.44. The van der Waals surface area contributed by atoms with Crippen molar-refractivity contribution in [3.8, 4) is 11.5 Å². The molecule has 0 saturated carbocycles. The number of rotatable bonds is 5. The molecule has 0 aliphatic carbocycles. The largest absolute Gasteiger partial charge is 0.507 e. The number of hydrogen-bond acceptors (Lipinski definition) is 4. The molecule has 2 aromatic carbocycles. The van der Waals surface area contributed by atoms with E-state index >= 15 is 0 Å². The topological polar surface area (TPSA) is 70.9 Å². The maximum Gasteiger partial charge on any atom is 0.277 e. The highest BCUT2D eigenvalue weighted by Gasteiger charge is 2.13. The predicted octanol–water partition coefficient (Wildman–Crippen LogP) is 3.53. The zero-order chi connectivity index (χ0) is 18.4. The van der Waals surface area contributed by atoms with Crippen molar-refractivity contribution in [2.45, 2.75) is 33.1 Å². The van der Waals surface area contributed by atoms with Crippen LogP contribution in [-0.2, 0) is 10.2 Å². The van der Waals surface area contributed by atoms with Crippen molar-refractivity contribution in [2.75, 3.05) is 6.61 Å². The van der Waals surface area contributed by atoms with Gasteiger partial charge in [-0.2, -0.15) is 5.10 Å². The van der Waals surface area contributed by atoms with Gasteiger partial charge in [-0.3, -0.25) is 4.79 Å². The fourth-order valence-electron chi connectivity index (χ4n) is 2.17. The fraction of sp³-hybridized carbons (Fsp3) is 0.300.